The Morgan fingerprint density at radius 3 is 2.67 bits per heavy atom. The summed E-state index contributed by atoms with van der Waals surface area (Å²) in [5, 5.41) is 19.3. The van der Waals surface area contributed by atoms with Crippen LogP contribution >= 0.6 is 0 Å². The number of anilines is 1. The van der Waals surface area contributed by atoms with Gasteiger partial charge in [-0.3, -0.25) is 19.6 Å². The molecule has 0 aliphatic rings. The average Bonchev–Trinajstić information content (AvgIpc) is 2.34. The number of hydrogen-bond acceptors (Lipinski definition) is 5. The van der Waals surface area contributed by atoms with Crippen LogP contribution in [0.25, 0.3) is 0 Å². The Balaban J connectivity index is 3.01. The summed E-state index contributed by atoms with van der Waals surface area (Å²) >= 11 is 0. The minimum Gasteiger partial charge on any atom is -0.481 e. The molecule has 0 fully saturated rings. The number of carboxylic acid groups (broad SMARTS) is 1. The molecule has 9 nitrogen and oxygen atoms in total. The molecule has 1 rings (SSSR count). The number of halogens is 1. The van der Waals surface area contributed by atoms with Gasteiger partial charge in [0.25, 0.3) is 5.69 Å². The number of carbonyl (C=O) groups is 1. The fourth-order valence-electron chi connectivity index (χ4n) is 1.34. The maximum absolute atomic E-state index is 13.1. The van der Waals surface area contributed by atoms with Gasteiger partial charge in [0.1, 0.15) is 11.5 Å². The molecule has 2 N–H and O–H groups in total. The Kier molecular flexibility index (Phi) is 5.16. The van der Waals surface area contributed by atoms with E-state index in [2.05, 4.69) is 0 Å². The SMILES string of the molecule is CN(CCC(=O)O)S(=O)(=O)Nc1cc(F)ccc1[N+](=O)[O-]. The van der Waals surface area contributed by atoms with Crippen molar-refractivity contribution < 1.29 is 27.6 Å². The van der Waals surface area contributed by atoms with E-state index in [0.717, 1.165) is 19.2 Å². The highest BCUT2D eigenvalue weighted by atomic mass is 32.2. The fourth-order valence-corrected chi connectivity index (χ4v) is 2.27. The zero-order chi connectivity index (χ0) is 16.2. The van der Waals surface area contributed by atoms with E-state index in [4.69, 9.17) is 5.11 Å². The van der Waals surface area contributed by atoms with Crippen LogP contribution in [0.4, 0.5) is 15.8 Å². The molecule has 0 unspecified atom stereocenters. The van der Waals surface area contributed by atoms with E-state index in [-0.39, 0.29) is 6.54 Å². The summed E-state index contributed by atoms with van der Waals surface area (Å²) in [6, 6.07) is 2.31. The van der Waals surface area contributed by atoms with Crippen LogP contribution in [0.1, 0.15) is 6.42 Å². The highest BCUT2D eigenvalue weighted by Crippen LogP contribution is 2.26. The Morgan fingerprint density at radius 1 is 1.52 bits per heavy atom. The highest BCUT2D eigenvalue weighted by Gasteiger charge is 2.23. The quantitative estimate of drug-likeness (QED) is 0.564. The maximum atomic E-state index is 13.1. The molecule has 21 heavy (non-hydrogen) atoms. The minimum absolute atomic E-state index is 0.340. The lowest BCUT2D eigenvalue weighted by molar-refractivity contribution is -0.383. The topological polar surface area (TPSA) is 130 Å². The van der Waals surface area contributed by atoms with E-state index in [1.54, 1.807) is 0 Å². The van der Waals surface area contributed by atoms with Crippen molar-refractivity contribution in [1.82, 2.24) is 4.31 Å². The molecule has 0 radical (unpaired) electrons. The van der Waals surface area contributed by atoms with Gasteiger partial charge in [0.2, 0.25) is 0 Å². The molecule has 116 valence electrons. The van der Waals surface area contributed by atoms with Crippen LogP contribution in [0.5, 0.6) is 0 Å². The predicted octanol–water partition coefficient (Wildman–Crippen LogP) is 0.797. The molecule has 11 heteroatoms. The van der Waals surface area contributed by atoms with Crippen molar-refractivity contribution in [3.8, 4) is 0 Å². The number of aliphatic carboxylic acids is 1. The summed E-state index contributed by atoms with van der Waals surface area (Å²) < 4.78 is 39.4. The monoisotopic (exact) mass is 321 g/mol. The predicted molar refractivity (Wildman–Crippen MR) is 70.5 cm³/mol. The molecular formula is C10H12FN3O6S. The molecule has 0 amide bonds. The van der Waals surface area contributed by atoms with Gasteiger partial charge in [-0.2, -0.15) is 12.7 Å². The first-order valence-electron chi connectivity index (χ1n) is 5.53. The summed E-state index contributed by atoms with van der Waals surface area (Å²) in [5.41, 5.74) is -1.16. The molecule has 1 aromatic rings. The smallest absolute Gasteiger partial charge is 0.304 e. The van der Waals surface area contributed by atoms with Gasteiger partial charge in [-0.1, -0.05) is 0 Å². The van der Waals surface area contributed by atoms with Crippen LogP contribution in [-0.2, 0) is 15.0 Å². The minimum atomic E-state index is -4.23. The van der Waals surface area contributed by atoms with Crippen molar-refractivity contribution in [3.05, 3.63) is 34.1 Å². The third-order valence-corrected chi connectivity index (χ3v) is 3.93. The number of benzene rings is 1. The van der Waals surface area contributed by atoms with Gasteiger partial charge in [-0.25, -0.2) is 4.39 Å². The van der Waals surface area contributed by atoms with Crippen molar-refractivity contribution in [2.75, 3.05) is 18.3 Å². The second-order valence-electron chi connectivity index (χ2n) is 3.99. The zero-order valence-corrected chi connectivity index (χ0v) is 11.6. The summed E-state index contributed by atoms with van der Waals surface area (Å²) in [4.78, 5) is 20.3. The van der Waals surface area contributed by atoms with E-state index in [9.17, 15) is 27.7 Å². The van der Waals surface area contributed by atoms with Crippen LogP contribution in [0.15, 0.2) is 18.2 Å². The lowest BCUT2D eigenvalue weighted by Gasteiger charge is -2.17. The lowest BCUT2D eigenvalue weighted by atomic mass is 10.3. The van der Waals surface area contributed by atoms with E-state index in [0.29, 0.717) is 10.4 Å². The number of hydrogen-bond donors (Lipinski definition) is 2. The number of nitrogens with zero attached hydrogens (tertiary/aromatic N) is 2. The van der Waals surface area contributed by atoms with Gasteiger partial charge in [0.15, 0.2) is 0 Å². The van der Waals surface area contributed by atoms with E-state index >= 15 is 0 Å². The molecule has 1 aromatic carbocycles. The largest absolute Gasteiger partial charge is 0.481 e. The summed E-state index contributed by atoms with van der Waals surface area (Å²) in [6.45, 7) is -0.340. The molecular weight excluding hydrogens is 309 g/mol. The number of nitro groups is 1. The molecule has 0 saturated heterocycles. The third kappa shape index (κ3) is 4.65. The number of carboxylic acids is 1. The highest BCUT2D eigenvalue weighted by molar-refractivity contribution is 7.90. The van der Waals surface area contributed by atoms with Gasteiger partial charge in [0, 0.05) is 25.7 Å². The lowest BCUT2D eigenvalue weighted by Crippen LogP contribution is -2.34. The first-order chi connectivity index (χ1) is 9.63. The van der Waals surface area contributed by atoms with Crippen molar-refractivity contribution in [1.29, 1.82) is 0 Å². The molecule has 0 aliphatic heterocycles. The van der Waals surface area contributed by atoms with Gasteiger partial charge in [-0.05, 0) is 6.07 Å². The third-order valence-electron chi connectivity index (χ3n) is 2.45. The second kappa shape index (κ2) is 6.45. The summed E-state index contributed by atoms with van der Waals surface area (Å²) in [5.74, 6) is -2.06. The van der Waals surface area contributed by atoms with E-state index < -0.39 is 44.7 Å². The molecule has 0 bridgehead atoms. The average molecular weight is 321 g/mol. The van der Waals surface area contributed by atoms with Gasteiger partial charge >= 0.3 is 16.2 Å². The molecule has 0 spiro atoms. The first kappa shape index (κ1) is 16.8. The summed E-state index contributed by atoms with van der Waals surface area (Å²) in [6.07, 6.45) is -0.442. The van der Waals surface area contributed by atoms with Crippen molar-refractivity contribution in [2.45, 2.75) is 6.42 Å². The normalized spacial score (nSPS) is 11.4. The van der Waals surface area contributed by atoms with E-state index in [1.807, 2.05) is 4.72 Å². The van der Waals surface area contributed by atoms with Crippen LogP contribution in [0, 0.1) is 15.9 Å². The van der Waals surface area contributed by atoms with Crippen LogP contribution in [0.3, 0.4) is 0 Å². The van der Waals surface area contributed by atoms with Gasteiger partial charge in [0.05, 0.1) is 11.3 Å². The fraction of sp³-hybridized carbons (Fsp3) is 0.300. The summed E-state index contributed by atoms with van der Waals surface area (Å²) in [7, 11) is -3.14. The Bertz CT molecular complexity index is 663. The number of rotatable bonds is 7. The maximum Gasteiger partial charge on any atom is 0.304 e. The Morgan fingerprint density at radius 2 is 2.14 bits per heavy atom. The standard InChI is InChI=1S/C10H12FN3O6S/c1-13(5-4-10(15)16)21(19,20)12-8-6-7(11)2-3-9(8)14(17)18/h2-3,6,12H,4-5H2,1H3,(H,15,16). The first-order valence-corrected chi connectivity index (χ1v) is 6.97. The van der Waals surface area contributed by atoms with Gasteiger partial charge in [-0.15, -0.1) is 0 Å². The van der Waals surface area contributed by atoms with Crippen LogP contribution in [-0.4, -0.2) is 42.3 Å². The van der Waals surface area contributed by atoms with E-state index in [1.165, 1.54) is 0 Å². The Labute approximate surface area is 119 Å². The zero-order valence-electron chi connectivity index (χ0n) is 10.8. The molecule has 0 saturated carbocycles. The van der Waals surface area contributed by atoms with Crippen LogP contribution in [0.2, 0.25) is 0 Å². The second-order valence-corrected chi connectivity index (χ2v) is 5.77. The van der Waals surface area contributed by atoms with Crippen molar-refractivity contribution in [3.63, 3.8) is 0 Å². The number of nitro benzene ring substituents is 1. The number of nitrogens with one attached hydrogen (secondary N) is 1. The van der Waals surface area contributed by atoms with Crippen molar-refractivity contribution in [2.24, 2.45) is 0 Å². The molecule has 0 aromatic heterocycles. The molecule has 0 aliphatic carbocycles. The van der Waals surface area contributed by atoms with Crippen LogP contribution < -0.4 is 4.72 Å². The molecule has 0 heterocycles. The molecule has 0 atom stereocenters. The Hall–Kier alpha value is -2.27. The van der Waals surface area contributed by atoms with Gasteiger partial charge < -0.3 is 5.11 Å². The van der Waals surface area contributed by atoms with Crippen molar-refractivity contribution >= 4 is 27.6 Å².